The second kappa shape index (κ2) is 4.39. The third-order valence-corrected chi connectivity index (χ3v) is 3.26. The summed E-state index contributed by atoms with van der Waals surface area (Å²) in [5.74, 6) is -0.248. The Hall–Kier alpha value is -0.770. The van der Waals surface area contributed by atoms with Crippen LogP contribution in [0.1, 0.15) is 33.6 Å². The Labute approximate surface area is 89.7 Å². The molecule has 2 N–H and O–H groups in total. The summed E-state index contributed by atoms with van der Waals surface area (Å²) in [6, 6.07) is -0.433. The Morgan fingerprint density at radius 1 is 1.33 bits per heavy atom. The largest absolute Gasteiger partial charge is 0.393 e. The molecule has 1 rings (SSSR count). The lowest BCUT2D eigenvalue weighted by Crippen LogP contribution is -2.34. The van der Waals surface area contributed by atoms with Crippen molar-refractivity contribution in [1.82, 2.24) is 0 Å². The second-order valence-electron chi connectivity index (χ2n) is 5.26. The zero-order valence-electron chi connectivity index (χ0n) is 9.46. The predicted octanol–water partition coefficient (Wildman–Crippen LogP) is 1.84. The summed E-state index contributed by atoms with van der Waals surface area (Å²) in [7, 11) is 0. The Balaban J connectivity index is 2.94. The van der Waals surface area contributed by atoms with Crippen LogP contribution in [0.3, 0.4) is 0 Å². The van der Waals surface area contributed by atoms with Crippen molar-refractivity contribution < 1.29 is 10.2 Å². The van der Waals surface area contributed by atoms with Crippen LogP contribution >= 0.6 is 0 Å². The summed E-state index contributed by atoms with van der Waals surface area (Å²) in [5.41, 5.74) is 8.33. The van der Waals surface area contributed by atoms with Gasteiger partial charge in [-0.3, -0.25) is 0 Å². The summed E-state index contributed by atoms with van der Waals surface area (Å²) in [4.78, 5) is 2.76. The Morgan fingerprint density at radius 3 is 2.47 bits per heavy atom. The van der Waals surface area contributed by atoms with Crippen molar-refractivity contribution in [2.24, 2.45) is 16.4 Å². The van der Waals surface area contributed by atoms with E-state index in [9.17, 15) is 10.2 Å². The number of azide groups is 1. The van der Waals surface area contributed by atoms with E-state index in [0.29, 0.717) is 12.8 Å². The van der Waals surface area contributed by atoms with Gasteiger partial charge in [0.15, 0.2) is 0 Å². The van der Waals surface area contributed by atoms with Gasteiger partial charge in [-0.15, -0.1) is 0 Å². The van der Waals surface area contributed by atoms with Crippen molar-refractivity contribution in [3.63, 3.8) is 0 Å². The molecular weight excluding hydrogens is 194 g/mol. The van der Waals surface area contributed by atoms with Crippen molar-refractivity contribution in [2.45, 2.75) is 51.9 Å². The van der Waals surface area contributed by atoms with Crippen LogP contribution in [0, 0.1) is 11.3 Å². The summed E-state index contributed by atoms with van der Waals surface area (Å²) in [6.07, 6.45) is -0.0472. The first-order chi connectivity index (χ1) is 6.87. The second-order valence-corrected chi connectivity index (χ2v) is 5.26. The lowest BCUT2D eigenvalue weighted by molar-refractivity contribution is 0.0148. The van der Waals surface area contributed by atoms with Gasteiger partial charge in [0.05, 0.1) is 18.2 Å². The molecule has 15 heavy (non-hydrogen) atoms. The molecule has 1 fully saturated rings. The molecule has 0 aromatic carbocycles. The molecule has 86 valence electrons. The van der Waals surface area contributed by atoms with Gasteiger partial charge < -0.3 is 10.2 Å². The van der Waals surface area contributed by atoms with E-state index in [4.69, 9.17) is 5.53 Å². The Morgan fingerprint density at radius 2 is 1.93 bits per heavy atom. The van der Waals surface area contributed by atoms with Crippen molar-refractivity contribution in [3.8, 4) is 0 Å². The molecule has 5 nitrogen and oxygen atoms in total. The summed E-state index contributed by atoms with van der Waals surface area (Å²) < 4.78 is 0. The molecule has 0 heterocycles. The van der Waals surface area contributed by atoms with Gasteiger partial charge in [-0.1, -0.05) is 25.9 Å². The molecule has 5 heteroatoms. The van der Waals surface area contributed by atoms with Crippen LogP contribution in [-0.4, -0.2) is 28.5 Å². The topological polar surface area (TPSA) is 89.2 Å². The number of aliphatic hydroxyl groups excluding tert-OH is 2. The van der Waals surface area contributed by atoms with E-state index in [1.807, 2.05) is 13.8 Å². The average Bonchev–Trinajstić information content (AvgIpc) is 2.18. The molecule has 4 atom stereocenters. The number of rotatable bonds is 1. The molecule has 0 bridgehead atoms. The van der Waals surface area contributed by atoms with Crippen molar-refractivity contribution in [2.75, 3.05) is 0 Å². The minimum atomic E-state index is -0.752. The Kier molecular flexibility index (Phi) is 3.60. The van der Waals surface area contributed by atoms with Crippen molar-refractivity contribution >= 4 is 0 Å². The molecular formula is C10H19N3O2. The van der Waals surface area contributed by atoms with Gasteiger partial charge in [0.25, 0.3) is 0 Å². The lowest BCUT2D eigenvalue weighted by atomic mass is 9.83. The molecule has 0 aliphatic heterocycles. The minimum absolute atomic E-state index is 0.107. The fraction of sp³-hybridized carbons (Fsp3) is 1.00. The maximum Gasteiger partial charge on any atom is 0.0675 e. The van der Waals surface area contributed by atoms with Gasteiger partial charge in [0.1, 0.15) is 0 Å². The maximum absolute atomic E-state index is 9.93. The van der Waals surface area contributed by atoms with Gasteiger partial charge in [-0.2, -0.15) is 0 Å². The predicted molar refractivity (Wildman–Crippen MR) is 57.1 cm³/mol. The van der Waals surface area contributed by atoms with E-state index >= 15 is 0 Å². The standard InChI is InChI=1S/C10H19N3O2/c1-6-8(14)5-10(2,3)4-7(9(6)15)12-13-11/h6-9,14-15H,4-5H2,1-3H3. The number of aliphatic hydroxyl groups is 2. The normalized spacial score (nSPS) is 40.3. The van der Waals surface area contributed by atoms with Gasteiger partial charge >= 0.3 is 0 Å². The Bertz CT molecular complexity index is 274. The fourth-order valence-corrected chi connectivity index (χ4v) is 2.28. The van der Waals surface area contributed by atoms with Gasteiger partial charge in [0, 0.05) is 10.8 Å². The van der Waals surface area contributed by atoms with Crippen molar-refractivity contribution in [3.05, 3.63) is 10.4 Å². The van der Waals surface area contributed by atoms with E-state index in [-0.39, 0.29) is 11.3 Å². The average molecular weight is 213 g/mol. The highest BCUT2D eigenvalue weighted by molar-refractivity contribution is 4.93. The third kappa shape index (κ3) is 2.84. The SMILES string of the molecule is CC1C(O)CC(C)(C)CC(N=[N+]=[N-])C1O. The first-order valence-corrected chi connectivity index (χ1v) is 5.28. The van der Waals surface area contributed by atoms with Gasteiger partial charge in [0.2, 0.25) is 0 Å². The van der Waals surface area contributed by atoms with Crippen LogP contribution < -0.4 is 0 Å². The van der Waals surface area contributed by atoms with Crippen LogP contribution in [0.25, 0.3) is 10.4 Å². The molecule has 0 aromatic rings. The maximum atomic E-state index is 9.93. The first-order valence-electron chi connectivity index (χ1n) is 5.28. The number of nitrogens with zero attached hydrogens (tertiary/aromatic N) is 3. The molecule has 0 spiro atoms. The molecule has 0 radical (unpaired) electrons. The molecule has 4 unspecified atom stereocenters. The molecule has 1 aliphatic rings. The first kappa shape index (κ1) is 12.3. The van der Waals surface area contributed by atoms with Crippen LogP contribution in [-0.2, 0) is 0 Å². The third-order valence-electron chi connectivity index (χ3n) is 3.26. The summed E-state index contributed by atoms with van der Waals surface area (Å²) in [6.45, 7) is 5.82. The van der Waals surface area contributed by atoms with Gasteiger partial charge in [-0.05, 0) is 23.8 Å². The van der Waals surface area contributed by atoms with Crippen LogP contribution in [0.4, 0.5) is 0 Å². The molecule has 1 saturated carbocycles. The number of hydrogen-bond donors (Lipinski definition) is 2. The zero-order chi connectivity index (χ0) is 11.6. The monoisotopic (exact) mass is 213 g/mol. The van der Waals surface area contributed by atoms with Crippen molar-refractivity contribution in [1.29, 1.82) is 0 Å². The van der Waals surface area contributed by atoms with E-state index in [0.717, 1.165) is 0 Å². The summed E-state index contributed by atoms with van der Waals surface area (Å²) in [5, 5.41) is 23.4. The minimum Gasteiger partial charge on any atom is -0.393 e. The highest BCUT2D eigenvalue weighted by Crippen LogP contribution is 2.37. The molecule has 0 aromatic heterocycles. The number of hydrogen-bond acceptors (Lipinski definition) is 3. The quantitative estimate of drug-likeness (QED) is 0.301. The van der Waals surface area contributed by atoms with Crippen LogP contribution in [0.15, 0.2) is 5.11 Å². The summed E-state index contributed by atoms with van der Waals surface area (Å²) >= 11 is 0. The van der Waals surface area contributed by atoms with Gasteiger partial charge in [-0.25, -0.2) is 0 Å². The van der Waals surface area contributed by atoms with Crippen LogP contribution in [0.2, 0.25) is 0 Å². The van der Waals surface area contributed by atoms with Crippen LogP contribution in [0.5, 0.6) is 0 Å². The fourth-order valence-electron chi connectivity index (χ4n) is 2.28. The smallest absolute Gasteiger partial charge is 0.0675 e. The van der Waals surface area contributed by atoms with E-state index in [1.54, 1.807) is 6.92 Å². The van der Waals surface area contributed by atoms with E-state index in [1.165, 1.54) is 0 Å². The highest BCUT2D eigenvalue weighted by atomic mass is 16.3. The van der Waals surface area contributed by atoms with E-state index < -0.39 is 18.2 Å². The van der Waals surface area contributed by atoms with E-state index in [2.05, 4.69) is 10.0 Å². The zero-order valence-corrected chi connectivity index (χ0v) is 9.46. The lowest BCUT2D eigenvalue weighted by Gasteiger charge is -2.25. The molecule has 0 saturated heterocycles. The molecule has 0 amide bonds. The molecule has 1 aliphatic carbocycles. The highest BCUT2D eigenvalue weighted by Gasteiger charge is 2.39.